The predicted molar refractivity (Wildman–Crippen MR) is 228 cm³/mol. The molecule has 10 heteroatoms. The molecule has 0 radical (unpaired) electrons. The smallest absolute Gasteiger partial charge is 0.462 e. The van der Waals surface area contributed by atoms with Crippen LogP contribution in [-0.2, 0) is 32.7 Å². The second-order valence-corrected chi connectivity index (χ2v) is 14.2. The molecule has 55 heavy (non-hydrogen) atoms. The average molecular weight is 786 g/mol. The van der Waals surface area contributed by atoms with Gasteiger partial charge in [-0.05, 0) is 83.5 Å². The van der Waals surface area contributed by atoms with E-state index < -0.39 is 32.5 Å². The molecule has 0 spiro atoms. The second kappa shape index (κ2) is 40.3. The van der Waals surface area contributed by atoms with Crippen molar-refractivity contribution in [2.45, 2.75) is 136 Å². The number of phosphoric ester groups is 1. The van der Waals surface area contributed by atoms with Gasteiger partial charge < -0.3 is 20.1 Å². The fourth-order valence-corrected chi connectivity index (χ4v) is 5.50. The van der Waals surface area contributed by atoms with Crippen molar-refractivity contribution in [1.82, 2.24) is 0 Å². The highest BCUT2D eigenvalue weighted by Crippen LogP contribution is 2.43. The van der Waals surface area contributed by atoms with Gasteiger partial charge in [0, 0.05) is 19.4 Å². The van der Waals surface area contributed by atoms with Gasteiger partial charge in [-0.1, -0.05) is 142 Å². The number of hydrogen-bond acceptors (Lipinski definition) is 8. The molecule has 0 aromatic carbocycles. The van der Waals surface area contributed by atoms with Gasteiger partial charge in [-0.2, -0.15) is 0 Å². The maximum absolute atomic E-state index is 12.5. The van der Waals surface area contributed by atoms with Crippen molar-refractivity contribution in [3.8, 4) is 0 Å². The molecule has 0 saturated heterocycles. The standard InChI is InChI=1S/C45H72NO8P/c1-3-5-7-9-11-13-15-17-19-20-21-22-24-26-28-30-32-34-36-38-45(48)54-43(42-53-55(49,50)52-40-39-46)41-51-44(47)37-35-33-31-29-27-25-23-18-16-14-12-10-8-6-4-2/h5-8,11-14,17-19,21-23,26,28,32,34,43H,3-4,9-10,15-16,20,24-25,27,29-31,33,35-42,46H2,1-2H3,(H,49,50)/b7-5-,8-6-,13-11-,14-12-,19-17-,22-21-,23-18-,28-26-,34-32-. The molecule has 3 N–H and O–H groups in total. The van der Waals surface area contributed by atoms with Crippen molar-refractivity contribution < 1.29 is 37.6 Å². The van der Waals surface area contributed by atoms with Gasteiger partial charge in [0.15, 0.2) is 6.10 Å². The molecule has 2 atom stereocenters. The summed E-state index contributed by atoms with van der Waals surface area (Å²) < 4.78 is 32.6. The molecule has 0 fully saturated rings. The Bertz CT molecular complexity index is 1260. The summed E-state index contributed by atoms with van der Waals surface area (Å²) in [6.45, 7) is 3.36. The third kappa shape index (κ3) is 40.2. The zero-order valence-electron chi connectivity index (χ0n) is 33.9. The number of unbranched alkanes of at least 4 members (excludes halogenated alkanes) is 5. The van der Waals surface area contributed by atoms with Crippen molar-refractivity contribution in [3.05, 3.63) is 109 Å². The number of nitrogens with two attached hydrogens (primary N) is 1. The molecule has 0 aliphatic rings. The Morgan fingerprint density at radius 3 is 1.47 bits per heavy atom. The first kappa shape index (κ1) is 51.7. The van der Waals surface area contributed by atoms with Crippen LogP contribution in [0.3, 0.4) is 0 Å². The van der Waals surface area contributed by atoms with E-state index in [1.807, 2.05) is 12.2 Å². The molecule has 0 amide bonds. The molecule has 0 aliphatic heterocycles. The Kier molecular flexibility index (Phi) is 37.9. The van der Waals surface area contributed by atoms with Crippen LogP contribution in [-0.4, -0.2) is 49.3 Å². The summed E-state index contributed by atoms with van der Waals surface area (Å²) in [5.74, 6) is -0.960. The molecule has 310 valence electrons. The molecule has 0 aromatic rings. The van der Waals surface area contributed by atoms with E-state index in [2.05, 4.69) is 111 Å². The minimum atomic E-state index is -4.41. The van der Waals surface area contributed by atoms with Crippen LogP contribution in [0, 0.1) is 0 Å². The minimum absolute atomic E-state index is 0.0328. The Balaban J connectivity index is 4.38. The van der Waals surface area contributed by atoms with Crippen LogP contribution < -0.4 is 5.73 Å². The first-order chi connectivity index (χ1) is 26.8. The molecule has 0 bridgehead atoms. The highest BCUT2D eigenvalue weighted by Gasteiger charge is 2.25. The van der Waals surface area contributed by atoms with Gasteiger partial charge in [-0.15, -0.1) is 0 Å². The third-order valence-electron chi connectivity index (χ3n) is 7.67. The SMILES string of the molecule is CC/C=C\C/C=C\C/C=C\C/C=C\C/C=C\C/C=C\CCC(=O)OC(COC(=O)CCCCCCC/C=C\C/C=C\C/C=C\CC)COP(=O)(O)OCCN. The topological polar surface area (TPSA) is 134 Å². The van der Waals surface area contributed by atoms with E-state index >= 15 is 0 Å². The molecule has 0 saturated carbocycles. The molecule has 9 nitrogen and oxygen atoms in total. The fourth-order valence-electron chi connectivity index (χ4n) is 4.73. The fraction of sp³-hybridized carbons (Fsp3) is 0.556. The summed E-state index contributed by atoms with van der Waals surface area (Å²) in [5, 5.41) is 0. The van der Waals surface area contributed by atoms with Gasteiger partial charge in [0.05, 0.1) is 13.2 Å². The van der Waals surface area contributed by atoms with Gasteiger partial charge in [0.2, 0.25) is 0 Å². The van der Waals surface area contributed by atoms with Crippen LogP contribution in [0.15, 0.2) is 109 Å². The zero-order chi connectivity index (χ0) is 40.3. The van der Waals surface area contributed by atoms with Crippen LogP contribution >= 0.6 is 7.82 Å². The third-order valence-corrected chi connectivity index (χ3v) is 8.65. The lowest BCUT2D eigenvalue weighted by molar-refractivity contribution is -0.161. The van der Waals surface area contributed by atoms with E-state index in [0.717, 1.165) is 89.9 Å². The summed E-state index contributed by atoms with van der Waals surface area (Å²) >= 11 is 0. The highest BCUT2D eigenvalue weighted by atomic mass is 31.2. The largest absolute Gasteiger partial charge is 0.472 e. The zero-order valence-corrected chi connectivity index (χ0v) is 34.7. The first-order valence-corrected chi connectivity index (χ1v) is 21.9. The minimum Gasteiger partial charge on any atom is -0.462 e. The van der Waals surface area contributed by atoms with Gasteiger partial charge in [0.1, 0.15) is 6.61 Å². The summed E-state index contributed by atoms with van der Waals surface area (Å²) in [7, 11) is -4.41. The van der Waals surface area contributed by atoms with Crippen LogP contribution in [0.5, 0.6) is 0 Å². The van der Waals surface area contributed by atoms with E-state index in [1.54, 1.807) is 0 Å². The van der Waals surface area contributed by atoms with Crippen LogP contribution in [0.1, 0.15) is 129 Å². The molecular weight excluding hydrogens is 713 g/mol. The molecular formula is C45H72NO8P. The van der Waals surface area contributed by atoms with E-state index in [0.29, 0.717) is 12.8 Å². The predicted octanol–water partition coefficient (Wildman–Crippen LogP) is 11.6. The van der Waals surface area contributed by atoms with E-state index in [-0.39, 0.29) is 32.6 Å². The van der Waals surface area contributed by atoms with Crippen molar-refractivity contribution >= 4 is 19.8 Å². The van der Waals surface area contributed by atoms with Gasteiger partial charge in [-0.3, -0.25) is 18.6 Å². The van der Waals surface area contributed by atoms with Crippen molar-refractivity contribution in [2.75, 3.05) is 26.4 Å². The number of carbonyl (C=O) groups excluding carboxylic acids is 2. The Morgan fingerprint density at radius 2 is 0.982 bits per heavy atom. The van der Waals surface area contributed by atoms with Crippen molar-refractivity contribution in [1.29, 1.82) is 0 Å². The number of hydrogen-bond donors (Lipinski definition) is 2. The van der Waals surface area contributed by atoms with Crippen LogP contribution in [0.25, 0.3) is 0 Å². The normalized spacial score (nSPS) is 14.5. The van der Waals surface area contributed by atoms with Gasteiger partial charge in [0.25, 0.3) is 0 Å². The highest BCUT2D eigenvalue weighted by molar-refractivity contribution is 7.47. The molecule has 0 rings (SSSR count). The summed E-state index contributed by atoms with van der Waals surface area (Å²) in [5.41, 5.74) is 5.33. The van der Waals surface area contributed by atoms with Gasteiger partial charge >= 0.3 is 19.8 Å². The number of ether oxygens (including phenoxy) is 2. The number of phosphoric acid groups is 1. The number of esters is 2. The molecule has 2 unspecified atom stereocenters. The molecule has 0 heterocycles. The maximum atomic E-state index is 12.5. The summed E-state index contributed by atoms with van der Waals surface area (Å²) in [6.07, 6.45) is 52.8. The lowest BCUT2D eigenvalue weighted by Crippen LogP contribution is -2.29. The van der Waals surface area contributed by atoms with E-state index in [9.17, 15) is 19.0 Å². The van der Waals surface area contributed by atoms with E-state index in [1.165, 1.54) is 0 Å². The second-order valence-electron chi connectivity index (χ2n) is 12.7. The first-order valence-electron chi connectivity index (χ1n) is 20.4. The van der Waals surface area contributed by atoms with Crippen molar-refractivity contribution in [3.63, 3.8) is 0 Å². The van der Waals surface area contributed by atoms with Crippen molar-refractivity contribution in [2.24, 2.45) is 5.73 Å². The summed E-state index contributed by atoms with van der Waals surface area (Å²) in [4.78, 5) is 34.8. The van der Waals surface area contributed by atoms with Crippen LogP contribution in [0.4, 0.5) is 0 Å². The lowest BCUT2D eigenvalue weighted by atomic mass is 10.1. The van der Waals surface area contributed by atoms with E-state index in [4.69, 9.17) is 24.3 Å². The quantitative estimate of drug-likeness (QED) is 0.0275. The Morgan fingerprint density at radius 1 is 0.545 bits per heavy atom. The number of rotatable bonds is 36. The van der Waals surface area contributed by atoms with Gasteiger partial charge in [-0.25, -0.2) is 4.57 Å². The summed E-state index contributed by atoms with van der Waals surface area (Å²) in [6, 6.07) is 0. The Labute approximate surface area is 333 Å². The average Bonchev–Trinajstić information content (AvgIpc) is 3.17. The monoisotopic (exact) mass is 785 g/mol. The van der Waals surface area contributed by atoms with Crippen LogP contribution in [0.2, 0.25) is 0 Å². The number of allylic oxidation sites excluding steroid dienone is 18. The lowest BCUT2D eigenvalue weighted by Gasteiger charge is -2.19. The maximum Gasteiger partial charge on any atom is 0.472 e. The molecule has 0 aliphatic carbocycles. The number of carbonyl (C=O) groups is 2. The molecule has 0 aromatic heterocycles. The Hall–Kier alpha value is -3.33.